The molecule has 24 heavy (non-hydrogen) atoms. The molecular formula is C17H16F3N3O. The Morgan fingerprint density at radius 3 is 2.21 bits per heavy atom. The first-order valence-corrected chi connectivity index (χ1v) is 7.57. The number of alkyl halides is 3. The zero-order valence-electron chi connectivity index (χ0n) is 12.8. The summed E-state index contributed by atoms with van der Waals surface area (Å²) in [6.45, 7) is 1.91. The topological polar surface area (TPSA) is 36.4 Å². The number of hydrogen-bond donors (Lipinski definition) is 0. The molecule has 2 aromatic rings. The van der Waals surface area contributed by atoms with Crippen molar-refractivity contribution in [1.82, 2.24) is 9.88 Å². The van der Waals surface area contributed by atoms with Crippen molar-refractivity contribution in [3.8, 4) is 0 Å². The van der Waals surface area contributed by atoms with Gasteiger partial charge in [-0.25, -0.2) is 0 Å². The maximum Gasteiger partial charge on any atom is 0.417 e. The molecule has 1 saturated heterocycles. The number of carbonyl (C=O) groups excluding carboxylic acids is 1. The number of piperazine rings is 1. The first-order valence-electron chi connectivity index (χ1n) is 7.57. The normalized spacial score (nSPS) is 15.5. The zero-order valence-corrected chi connectivity index (χ0v) is 12.8. The Labute approximate surface area is 137 Å². The van der Waals surface area contributed by atoms with Crippen molar-refractivity contribution >= 4 is 11.6 Å². The van der Waals surface area contributed by atoms with Gasteiger partial charge < -0.3 is 9.80 Å². The second-order valence-corrected chi connectivity index (χ2v) is 5.53. The molecule has 0 spiro atoms. The van der Waals surface area contributed by atoms with E-state index in [4.69, 9.17) is 0 Å². The van der Waals surface area contributed by atoms with Crippen molar-refractivity contribution in [2.75, 3.05) is 31.1 Å². The Balaban J connectivity index is 1.72. The predicted octanol–water partition coefficient (Wildman–Crippen LogP) is 3.06. The summed E-state index contributed by atoms with van der Waals surface area (Å²) >= 11 is 0. The van der Waals surface area contributed by atoms with Crippen molar-refractivity contribution in [2.45, 2.75) is 6.18 Å². The van der Waals surface area contributed by atoms with E-state index in [-0.39, 0.29) is 5.56 Å². The molecule has 3 rings (SSSR count). The molecule has 1 aromatic carbocycles. The minimum atomic E-state index is -4.54. The van der Waals surface area contributed by atoms with Crippen LogP contribution in [0, 0.1) is 0 Å². The van der Waals surface area contributed by atoms with E-state index in [2.05, 4.69) is 9.88 Å². The summed E-state index contributed by atoms with van der Waals surface area (Å²) in [6.07, 6.45) is -1.16. The first kappa shape index (κ1) is 16.3. The molecule has 1 aromatic heterocycles. The third-order valence-electron chi connectivity index (χ3n) is 4.06. The van der Waals surface area contributed by atoms with Crippen molar-refractivity contribution in [3.05, 3.63) is 59.9 Å². The van der Waals surface area contributed by atoms with Gasteiger partial charge in [0, 0.05) is 44.3 Å². The lowest BCUT2D eigenvalue weighted by atomic mass is 10.1. The monoisotopic (exact) mass is 335 g/mol. The van der Waals surface area contributed by atoms with Crippen molar-refractivity contribution in [2.24, 2.45) is 0 Å². The van der Waals surface area contributed by atoms with Crippen LogP contribution in [0.25, 0.3) is 0 Å². The quantitative estimate of drug-likeness (QED) is 0.846. The molecule has 1 fully saturated rings. The smallest absolute Gasteiger partial charge is 0.368 e. The van der Waals surface area contributed by atoms with Gasteiger partial charge in [-0.15, -0.1) is 0 Å². The molecule has 7 heteroatoms. The molecule has 0 atom stereocenters. The molecule has 1 aliphatic rings. The molecule has 1 aliphatic heterocycles. The van der Waals surface area contributed by atoms with Crippen molar-refractivity contribution < 1.29 is 18.0 Å². The molecule has 0 saturated carbocycles. The fraction of sp³-hybridized carbons (Fsp3) is 0.294. The molecule has 126 valence electrons. The van der Waals surface area contributed by atoms with Gasteiger partial charge in [-0.1, -0.05) is 12.1 Å². The van der Waals surface area contributed by atoms with Crippen LogP contribution < -0.4 is 4.90 Å². The molecule has 2 heterocycles. The lowest BCUT2D eigenvalue weighted by Gasteiger charge is -2.36. The van der Waals surface area contributed by atoms with E-state index in [1.165, 1.54) is 23.1 Å². The lowest BCUT2D eigenvalue weighted by Crippen LogP contribution is -2.49. The Bertz CT molecular complexity index is 711. The van der Waals surface area contributed by atoms with Crippen LogP contribution in [0.3, 0.4) is 0 Å². The van der Waals surface area contributed by atoms with E-state index in [0.717, 1.165) is 11.8 Å². The first-order chi connectivity index (χ1) is 11.5. The van der Waals surface area contributed by atoms with Gasteiger partial charge >= 0.3 is 6.18 Å². The van der Waals surface area contributed by atoms with Crippen LogP contribution in [-0.2, 0) is 6.18 Å². The van der Waals surface area contributed by atoms with Gasteiger partial charge in [0.25, 0.3) is 5.91 Å². The molecule has 0 N–H and O–H groups in total. The van der Waals surface area contributed by atoms with Crippen LogP contribution in [-0.4, -0.2) is 42.0 Å². The van der Waals surface area contributed by atoms with E-state index in [0.29, 0.717) is 26.2 Å². The highest BCUT2D eigenvalue weighted by molar-refractivity contribution is 5.96. The summed E-state index contributed by atoms with van der Waals surface area (Å²) in [5.41, 5.74) is -0.179. The standard InChI is InChI=1S/C17H16F3N3O/c18-17(19,20)15-4-2-1-3-14(15)16(24)23-11-9-22(10-12-23)13-5-7-21-8-6-13/h1-8H,9-12H2. The summed E-state index contributed by atoms with van der Waals surface area (Å²) in [5, 5.41) is 0. The number of anilines is 1. The molecule has 0 aliphatic carbocycles. The van der Waals surface area contributed by atoms with E-state index >= 15 is 0 Å². The second-order valence-electron chi connectivity index (χ2n) is 5.53. The van der Waals surface area contributed by atoms with Crippen molar-refractivity contribution in [3.63, 3.8) is 0 Å². The van der Waals surface area contributed by atoms with Crippen LogP contribution in [0.5, 0.6) is 0 Å². The van der Waals surface area contributed by atoms with Gasteiger partial charge in [0.05, 0.1) is 11.1 Å². The van der Waals surface area contributed by atoms with Gasteiger partial charge in [-0.3, -0.25) is 9.78 Å². The van der Waals surface area contributed by atoms with Crippen LogP contribution in [0.4, 0.5) is 18.9 Å². The summed E-state index contributed by atoms with van der Waals surface area (Å²) in [7, 11) is 0. The number of benzene rings is 1. The van der Waals surface area contributed by atoms with Gasteiger partial charge in [0.1, 0.15) is 0 Å². The van der Waals surface area contributed by atoms with E-state index in [9.17, 15) is 18.0 Å². The number of halogens is 3. The maximum atomic E-state index is 13.1. The van der Waals surface area contributed by atoms with Gasteiger partial charge in [-0.05, 0) is 24.3 Å². The highest BCUT2D eigenvalue weighted by Gasteiger charge is 2.36. The van der Waals surface area contributed by atoms with E-state index < -0.39 is 17.6 Å². The zero-order chi connectivity index (χ0) is 17.2. The van der Waals surface area contributed by atoms with Crippen LogP contribution in [0.2, 0.25) is 0 Å². The fourth-order valence-corrected chi connectivity index (χ4v) is 2.81. The molecule has 0 unspecified atom stereocenters. The number of aromatic nitrogens is 1. The van der Waals surface area contributed by atoms with E-state index in [1.807, 2.05) is 12.1 Å². The number of pyridine rings is 1. The summed E-state index contributed by atoms with van der Waals surface area (Å²) < 4.78 is 39.2. The van der Waals surface area contributed by atoms with Crippen LogP contribution in [0.15, 0.2) is 48.8 Å². The van der Waals surface area contributed by atoms with Gasteiger partial charge in [0.2, 0.25) is 0 Å². The number of carbonyl (C=O) groups is 1. The Kier molecular flexibility index (Phi) is 4.42. The molecule has 0 bridgehead atoms. The second kappa shape index (κ2) is 6.51. The number of nitrogens with zero attached hydrogens (tertiary/aromatic N) is 3. The largest absolute Gasteiger partial charge is 0.417 e. The minimum Gasteiger partial charge on any atom is -0.368 e. The Morgan fingerprint density at radius 1 is 0.958 bits per heavy atom. The third-order valence-corrected chi connectivity index (χ3v) is 4.06. The van der Waals surface area contributed by atoms with Gasteiger partial charge in [0.15, 0.2) is 0 Å². The number of hydrogen-bond acceptors (Lipinski definition) is 3. The molecule has 1 amide bonds. The summed E-state index contributed by atoms with van der Waals surface area (Å²) in [6, 6.07) is 8.67. The average Bonchev–Trinajstić information content (AvgIpc) is 2.61. The Hall–Kier alpha value is -2.57. The maximum absolute atomic E-state index is 13.1. The highest BCUT2D eigenvalue weighted by Crippen LogP contribution is 2.32. The minimum absolute atomic E-state index is 0.289. The average molecular weight is 335 g/mol. The SMILES string of the molecule is O=C(c1ccccc1C(F)(F)F)N1CCN(c2ccncc2)CC1. The van der Waals surface area contributed by atoms with Gasteiger partial charge in [-0.2, -0.15) is 13.2 Å². The highest BCUT2D eigenvalue weighted by atomic mass is 19.4. The summed E-state index contributed by atoms with van der Waals surface area (Å²) in [5.74, 6) is -0.572. The fourth-order valence-electron chi connectivity index (χ4n) is 2.81. The third kappa shape index (κ3) is 3.34. The summed E-state index contributed by atoms with van der Waals surface area (Å²) in [4.78, 5) is 20.0. The molecule has 4 nitrogen and oxygen atoms in total. The number of amides is 1. The number of rotatable bonds is 2. The predicted molar refractivity (Wildman–Crippen MR) is 83.8 cm³/mol. The Morgan fingerprint density at radius 2 is 1.58 bits per heavy atom. The van der Waals surface area contributed by atoms with Crippen molar-refractivity contribution in [1.29, 1.82) is 0 Å². The van der Waals surface area contributed by atoms with Crippen LogP contribution in [0.1, 0.15) is 15.9 Å². The molecular weight excluding hydrogens is 319 g/mol. The molecule has 0 radical (unpaired) electrons. The van der Waals surface area contributed by atoms with Crippen LogP contribution >= 0.6 is 0 Å². The lowest BCUT2D eigenvalue weighted by molar-refractivity contribution is -0.138. The van der Waals surface area contributed by atoms with E-state index in [1.54, 1.807) is 12.4 Å².